The van der Waals surface area contributed by atoms with Crippen molar-refractivity contribution in [1.82, 2.24) is 9.88 Å². The minimum absolute atomic E-state index is 0.177. The average molecular weight is 336 g/mol. The van der Waals surface area contributed by atoms with E-state index >= 15 is 0 Å². The molecule has 4 bridgehead atoms. The van der Waals surface area contributed by atoms with Gasteiger partial charge in [0.1, 0.15) is 5.78 Å². The van der Waals surface area contributed by atoms with Crippen molar-refractivity contribution in [3.63, 3.8) is 0 Å². The molecule has 1 aliphatic carbocycles. The summed E-state index contributed by atoms with van der Waals surface area (Å²) in [6.45, 7) is 6.48. The van der Waals surface area contributed by atoms with E-state index in [1.165, 1.54) is 36.0 Å². The van der Waals surface area contributed by atoms with Crippen LogP contribution in [0.4, 0.5) is 0 Å². The number of fused-ring (bicyclic) bond motifs is 4. The number of hydrogen-bond acceptors (Lipinski definition) is 2. The van der Waals surface area contributed by atoms with Crippen LogP contribution < -0.4 is 0 Å². The summed E-state index contributed by atoms with van der Waals surface area (Å²) >= 11 is 0. The zero-order chi connectivity index (χ0) is 17.2. The Labute approximate surface area is 149 Å². The highest BCUT2D eigenvalue weighted by molar-refractivity contribution is 5.85. The molecular formula is C22H28N2O. The molecule has 1 saturated carbocycles. The lowest BCUT2D eigenvalue weighted by atomic mass is 9.55. The molecule has 2 aromatic rings. The topological polar surface area (TPSA) is 36.1 Å². The number of H-pyrrole nitrogens is 1. The number of carbonyl (C=O) groups excluding carboxylic acids is 1. The number of ketones is 1. The minimum atomic E-state index is 0.177. The highest BCUT2D eigenvalue weighted by Gasteiger charge is 2.56. The number of hydrogen-bond donors (Lipinski definition) is 1. The third-order valence-corrected chi connectivity index (χ3v) is 7.35. The first-order valence-corrected chi connectivity index (χ1v) is 9.94. The van der Waals surface area contributed by atoms with Crippen molar-refractivity contribution in [3.05, 3.63) is 35.5 Å². The highest BCUT2D eigenvalue weighted by Crippen LogP contribution is 2.58. The van der Waals surface area contributed by atoms with Crippen LogP contribution in [0.5, 0.6) is 0 Å². The molecule has 1 unspecified atom stereocenters. The second-order valence-electron chi connectivity index (χ2n) is 8.76. The van der Waals surface area contributed by atoms with Crippen LogP contribution in [-0.4, -0.2) is 34.8 Å². The van der Waals surface area contributed by atoms with Crippen molar-refractivity contribution < 1.29 is 4.79 Å². The van der Waals surface area contributed by atoms with Crippen molar-refractivity contribution in [2.45, 2.75) is 57.9 Å². The van der Waals surface area contributed by atoms with E-state index in [4.69, 9.17) is 0 Å². The van der Waals surface area contributed by atoms with E-state index in [1.54, 1.807) is 12.5 Å². The number of para-hydroxylation sites is 1. The molecule has 3 nitrogen and oxygen atoms in total. The van der Waals surface area contributed by atoms with Crippen LogP contribution in [0.3, 0.4) is 0 Å². The van der Waals surface area contributed by atoms with E-state index in [-0.39, 0.29) is 5.41 Å². The third-order valence-electron chi connectivity index (χ3n) is 7.35. The van der Waals surface area contributed by atoms with Crippen LogP contribution >= 0.6 is 0 Å². The number of piperidine rings is 2. The van der Waals surface area contributed by atoms with Crippen molar-refractivity contribution in [3.8, 4) is 0 Å². The van der Waals surface area contributed by atoms with Crippen molar-refractivity contribution in [2.75, 3.05) is 13.1 Å². The third kappa shape index (κ3) is 2.18. The maximum absolute atomic E-state index is 12.1. The second kappa shape index (κ2) is 5.44. The summed E-state index contributed by atoms with van der Waals surface area (Å²) in [4.78, 5) is 18.7. The number of nitrogens with one attached hydrogen (secondary N) is 1. The van der Waals surface area contributed by atoms with E-state index in [0.29, 0.717) is 17.7 Å². The van der Waals surface area contributed by atoms with E-state index in [0.717, 1.165) is 31.7 Å². The van der Waals surface area contributed by atoms with Gasteiger partial charge in [-0.05, 0) is 55.6 Å². The molecule has 0 amide bonds. The van der Waals surface area contributed by atoms with Gasteiger partial charge in [-0.2, -0.15) is 0 Å². The van der Waals surface area contributed by atoms with Gasteiger partial charge in [-0.3, -0.25) is 4.90 Å². The first kappa shape index (κ1) is 15.6. The summed E-state index contributed by atoms with van der Waals surface area (Å²) in [5.41, 5.74) is 4.50. The summed E-state index contributed by atoms with van der Waals surface area (Å²) < 4.78 is 0. The number of nitrogens with zero attached hydrogens (tertiary/aromatic N) is 1. The SMILES string of the molecule is CC[C@@]1(CC(C)=O)C[C@@H]2C[C@H]3c4[nH]c5ccccc5c4CCN(C2)[C@H]31. The van der Waals surface area contributed by atoms with Crippen molar-refractivity contribution >= 4 is 16.7 Å². The molecule has 4 heterocycles. The maximum Gasteiger partial charge on any atom is 0.130 e. The summed E-state index contributed by atoms with van der Waals surface area (Å²) in [5, 5.41) is 1.41. The van der Waals surface area contributed by atoms with Gasteiger partial charge in [0.15, 0.2) is 0 Å². The van der Waals surface area contributed by atoms with Crippen LogP contribution in [0.2, 0.25) is 0 Å². The maximum atomic E-state index is 12.1. The van der Waals surface area contributed by atoms with E-state index in [9.17, 15) is 4.79 Å². The average Bonchev–Trinajstić information content (AvgIpc) is 2.92. The zero-order valence-corrected chi connectivity index (χ0v) is 15.3. The van der Waals surface area contributed by atoms with Crippen LogP contribution in [0, 0.1) is 11.3 Å². The molecule has 1 aromatic carbocycles. The Hall–Kier alpha value is -1.61. The normalized spacial score (nSPS) is 36.2. The van der Waals surface area contributed by atoms with Gasteiger partial charge in [0.05, 0.1) is 0 Å². The van der Waals surface area contributed by atoms with E-state index < -0.39 is 0 Å². The van der Waals surface area contributed by atoms with Gasteiger partial charge in [0.2, 0.25) is 0 Å². The first-order chi connectivity index (χ1) is 12.1. The molecule has 25 heavy (non-hydrogen) atoms. The first-order valence-electron chi connectivity index (χ1n) is 9.94. The Bertz CT molecular complexity index is 838. The van der Waals surface area contributed by atoms with Gasteiger partial charge in [-0.25, -0.2) is 0 Å². The fraction of sp³-hybridized carbons (Fsp3) is 0.591. The smallest absolute Gasteiger partial charge is 0.130 e. The van der Waals surface area contributed by atoms with Gasteiger partial charge < -0.3 is 9.78 Å². The lowest BCUT2D eigenvalue weighted by Crippen LogP contribution is -2.62. The Balaban J connectivity index is 1.67. The Morgan fingerprint density at radius 2 is 2.20 bits per heavy atom. The molecule has 4 aliphatic rings. The van der Waals surface area contributed by atoms with Gasteiger partial charge in [0, 0.05) is 48.1 Å². The Morgan fingerprint density at radius 3 is 3.00 bits per heavy atom. The molecule has 3 fully saturated rings. The Kier molecular flexibility index (Phi) is 3.40. The zero-order valence-electron chi connectivity index (χ0n) is 15.3. The lowest BCUT2D eigenvalue weighted by molar-refractivity contribution is -0.128. The number of Topliss-reactive ketones (excluding diaryl/α,β-unsaturated/α-hetero) is 1. The van der Waals surface area contributed by atoms with Crippen LogP contribution in [0.25, 0.3) is 10.9 Å². The van der Waals surface area contributed by atoms with Gasteiger partial charge in [-0.15, -0.1) is 0 Å². The molecule has 6 rings (SSSR count). The van der Waals surface area contributed by atoms with Crippen LogP contribution in [0.15, 0.2) is 24.3 Å². The predicted molar refractivity (Wildman–Crippen MR) is 101 cm³/mol. The largest absolute Gasteiger partial charge is 0.358 e. The summed E-state index contributed by atoms with van der Waals surface area (Å²) in [6.07, 6.45) is 5.55. The number of aromatic nitrogens is 1. The molecule has 5 atom stereocenters. The Morgan fingerprint density at radius 1 is 1.36 bits per heavy atom. The van der Waals surface area contributed by atoms with Gasteiger partial charge in [0.25, 0.3) is 0 Å². The minimum Gasteiger partial charge on any atom is -0.358 e. The standard InChI is InChI=1S/C22H28N2O/c1-3-22(11-14(2)25)12-15-10-18-20-17(8-9-24(13-15)21(18)22)16-6-4-5-7-19(16)23-20/h4-7,15,18,21,23H,3,8-13H2,1-2H3/t15-,18-,21+,22+/m0/s1. The number of carbonyl (C=O) groups is 1. The van der Waals surface area contributed by atoms with E-state index in [1.807, 2.05) is 0 Å². The summed E-state index contributed by atoms with van der Waals surface area (Å²) in [7, 11) is 0. The van der Waals surface area contributed by atoms with Gasteiger partial charge >= 0.3 is 0 Å². The molecule has 1 N–H and O–H groups in total. The van der Waals surface area contributed by atoms with Crippen LogP contribution in [0.1, 0.15) is 56.7 Å². The quantitative estimate of drug-likeness (QED) is 0.908. The molecule has 0 spiro atoms. The van der Waals surface area contributed by atoms with Gasteiger partial charge in [-0.1, -0.05) is 25.1 Å². The monoisotopic (exact) mass is 336 g/mol. The fourth-order valence-electron chi connectivity index (χ4n) is 6.64. The molecule has 3 heteroatoms. The number of aromatic amines is 1. The molecular weight excluding hydrogens is 308 g/mol. The highest BCUT2D eigenvalue weighted by atomic mass is 16.1. The summed E-state index contributed by atoms with van der Waals surface area (Å²) in [6, 6.07) is 9.30. The lowest BCUT2D eigenvalue weighted by Gasteiger charge is -2.59. The molecule has 132 valence electrons. The van der Waals surface area contributed by atoms with Crippen molar-refractivity contribution in [1.29, 1.82) is 0 Å². The van der Waals surface area contributed by atoms with Crippen molar-refractivity contribution in [2.24, 2.45) is 11.3 Å². The predicted octanol–water partition coefficient (Wildman–Crippen LogP) is 4.28. The number of benzene rings is 1. The van der Waals surface area contributed by atoms with Crippen LogP contribution in [-0.2, 0) is 11.2 Å². The van der Waals surface area contributed by atoms with E-state index in [2.05, 4.69) is 41.1 Å². The molecule has 0 radical (unpaired) electrons. The molecule has 2 saturated heterocycles. The fourth-order valence-corrected chi connectivity index (χ4v) is 6.64. The molecule has 1 aromatic heterocycles. The summed E-state index contributed by atoms with van der Waals surface area (Å²) in [5.74, 6) is 1.67. The second-order valence-corrected chi connectivity index (χ2v) is 8.76. The number of rotatable bonds is 3. The molecule has 3 aliphatic heterocycles.